The van der Waals surface area contributed by atoms with Gasteiger partial charge in [-0.3, -0.25) is 4.79 Å². The fourth-order valence-electron chi connectivity index (χ4n) is 2.49. The number of benzene rings is 2. The molecule has 0 spiro atoms. The molecular weight excluding hydrogens is 378 g/mol. The molecule has 0 saturated heterocycles. The Kier molecular flexibility index (Phi) is 5.72. The number of para-hydroxylation sites is 1. The average Bonchev–Trinajstić information content (AvgIpc) is 2.68. The van der Waals surface area contributed by atoms with E-state index in [1.54, 1.807) is 55.5 Å². The number of nitrogens with one attached hydrogen (secondary N) is 2. The second-order valence-corrected chi connectivity index (χ2v) is 6.21. The minimum Gasteiger partial charge on any atom is -0.495 e. The number of ether oxygens (including phenoxy) is 1. The number of carbonyl (C=O) groups excluding carboxylic acids is 1. The van der Waals surface area contributed by atoms with Crippen LogP contribution in [-0.2, 0) is 0 Å². The van der Waals surface area contributed by atoms with Crippen LogP contribution in [0.3, 0.4) is 0 Å². The van der Waals surface area contributed by atoms with E-state index in [4.69, 9.17) is 21.6 Å². The zero-order valence-electron chi connectivity index (χ0n) is 15.2. The van der Waals surface area contributed by atoms with Gasteiger partial charge in [-0.25, -0.2) is 9.97 Å². The first-order valence-corrected chi connectivity index (χ1v) is 8.64. The van der Waals surface area contributed by atoms with Crippen LogP contribution in [0.5, 0.6) is 5.75 Å². The Labute approximate surface area is 167 Å². The molecule has 8 heteroatoms. The molecule has 28 heavy (non-hydrogen) atoms. The summed E-state index contributed by atoms with van der Waals surface area (Å²) in [6, 6.07) is 15.5. The molecular formula is C20H16ClN5O2. The van der Waals surface area contributed by atoms with E-state index in [1.165, 1.54) is 7.11 Å². The molecule has 0 bridgehead atoms. The Morgan fingerprint density at radius 2 is 1.96 bits per heavy atom. The number of aryl methyl sites for hydroxylation is 1. The molecule has 3 aromatic rings. The summed E-state index contributed by atoms with van der Waals surface area (Å²) in [4.78, 5) is 21.2. The quantitative estimate of drug-likeness (QED) is 0.669. The number of anilines is 3. The van der Waals surface area contributed by atoms with Gasteiger partial charge >= 0.3 is 0 Å². The van der Waals surface area contributed by atoms with Crippen LogP contribution in [0.15, 0.2) is 48.5 Å². The lowest BCUT2D eigenvalue weighted by molar-refractivity contribution is 0.102. The van der Waals surface area contributed by atoms with E-state index >= 15 is 0 Å². The predicted octanol–water partition coefficient (Wildman–Crippen LogP) is 4.31. The first kappa shape index (κ1) is 19.1. The maximum Gasteiger partial charge on any atom is 0.274 e. The van der Waals surface area contributed by atoms with Crippen molar-refractivity contribution >= 4 is 34.8 Å². The van der Waals surface area contributed by atoms with E-state index < -0.39 is 5.91 Å². The maximum atomic E-state index is 12.6. The normalized spacial score (nSPS) is 10.1. The fourth-order valence-corrected chi connectivity index (χ4v) is 2.75. The van der Waals surface area contributed by atoms with Gasteiger partial charge < -0.3 is 15.4 Å². The highest BCUT2D eigenvalue weighted by molar-refractivity contribution is 6.32. The Morgan fingerprint density at radius 1 is 1.18 bits per heavy atom. The number of nitriles is 1. The van der Waals surface area contributed by atoms with Gasteiger partial charge in [-0.15, -0.1) is 0 Å². The van der Waals surface area contributed by atoms with E-state index in [1.807, 2.05) is 6.07 Å². The van der Waals surface area contributed by atoms with Gasteiger partial charge in [-0.1, -0.05) is 23.7 Å². The molecule has 1 heterocycles. The van der Waals surface area contributed by atoms with Crippen molar-refractivity contribution in [2.45, 2.75) is 6.92 Å². The first-order chi connectivity index (χ1) is 13.5. The number of methoxy groups -OCH3 is 1. The topological polar surface area (TPSA) is 99.9 Å². The molecule has 7 nitrogen and oxygen atoms in total. The second-order valence-electron chi connectivity index (χ2n) is 5.80. The predicted molar refractivity (Wildman–Crippen MR) is 107 cm³/mol. The Hall–Kier alpha value is -3.63. The summed E-state index contributed by atoms with van der Waals surface area (Å²) in [6.45, 7) is 1.76. The van der Waals surface area contributed by atoms with Gasteiger partial charge in [-0.05, 0) is 43.3 Å². The SMILES string of the molecule is COc1ccc(Nc2nc(C)cc(C(=O)Nc3ccccc3C#N)n2)cc1Cl. The third-order valence-corrected chi connectivity index (χ3v) is 4.09. The van der Waals surface area contributed by atoms with E-state index in [-0.39, 0.29) is 11.6 Å². The van der Waals surface area contributed by atoms with Crippen molar-refractivity contribution in [2.75, 3.05) is 17.7 Å². The van der Waals surface area contributed by atoms with Crippen molar-refractivity contribution in [3.8, 4) is 11.8 Å². The lowest BCUT2D eigenvalue weighted by Crippen LogP contribution is -2.16. The molecule has 140 valence electrons. The lowest BCUT2D eigenvalue weighted by atomic mass is 10.2. The number of aromatic nitrogens is 2. The number of carbonyl (C=O) groups is 1. The molecule has 2 aromatic carbocycles. The molecule has 3 rings (SSSR count). The number of hydrogen-bond acceptors (Lipinski definition) is 6. The van der Waals surface area contributed by atoms with Crippen LogP contribution in [0.2, 0.25) is 5.02 Å². The highest BCUT2D eigenvalue weighted by Gasteiger charge is 2.13. The van der Waals surface area contributed by atoms with Crippen LogP contribution >= 0.6 is 11.6 Å². The van der Waals surface area contributed by atoms with Crippen LogP contribution < -0.4 is 15.4 Å². The monoisotopic (exact) mass is 393 g/mol. The smallest absolute Gasteiger partial charge is 0.274 e. The Balaban J connectivity index is 1.84. The summed E-state index contributed by atoms with van der Waals surface area (Å²) >= 11 is 6.13. The number of rotatable bonds is 5. The third-order valence-electron chi connectivity index (χ3n) is 3.79. The van der Waals surface area contributed by atoms with Crippen LogP contribution in [0, 0.1) is 18.3 Å². The van der Waals surface area contributed by atoms with Crippen LogP contribution in [0.25, 0.3) is 0 Å². The minimum atomic E-state index is -0.441. The molecule has 0 radical (unpaired) electrons. The molecule has 2 N–H and O–H groups in total. The summed E-state index contributed by atoms with van der Waals surface area (Å²) < 4.78 is 5.13. The van der Waals surface area contributed by atoms with Crippen LogP contribution in [0.1, 0.15) is 21.7 Å². The number of hydrogen-bond donors (Lipinski definition) is 2. The third kappa shape index (κ3) is 4.37. The Bertz CT molecular complexity index is 1080. The molecule has 0 aliphatic heterocycles. The number of nitrogens with zero attached hydrogens (tertiary/aromatic N) is 3. The van der Waals surface area contributed by atoms with Crippen molar-refractivity contribution in [1.29, 1.82) is 5.26 Å². The van der Waals surface area contributed by atoms with Gasteiger partial charge in [0.25, 0.3) is 5.91 Å². The summed E-state index contributed by atoms with van der Waals surface area (Å²) in [5, 5.41) is 15.3. The van der Waals surface area contributed by atoms with E-state index in [0.29, 0.717) is 33.4 Å². The molecule has 1 amide bonds. The number of amides is 1. The van der Waals surface area contributed by atoms with Crippen molar-refractivity contribution < 1.29 is 9.53 Å². The molecule has 1 aromatic heterocycles. The van der Waals surface area contributed by atoms with Crippen LogP contribution in [-0.4, -0.2) is 23.0 Å². The Morgan fingerprint density at radius 3 is 2.68 bits per heavy atom. The largest absolute Gasteiger partial charge is 0.495 e. The van der Waals surface area contributed by atoms with Crippen molar-refractivity contribution in [3.63, 3.8) is 0 Å². The summed E-state index contributed by atoms with van der Waals surface area (Å²) in [6.07, 6.45) is 0. The van der Waals surface area contributed by atoms with Gasteiger partial charge in [0.2, 0.25) is 5.95 Å². The maximum absolute atomic E-state index is 12.6. The highest BCUT2D eigenvalue weighted by atomic mass is 35.5. The molecule has 0 aliphatic rings. The van der Waals surface area contributed by atoms with Gasteiger partial charge in [0.05, 0.1) is 23.4 Å². The van der Waals surface area contributed by atoms with E-state index in [9.17, 15) is 4.79 Å². The fraction of sp³-hybridized carbons (Fsp3) is 0.100. The molecule has 0 aliphatic carbocycles. The van der Waals surface area contributed by atoms with Gasteiger partial charge in [0, 0.05) is 11.4 Å². The first-order valence-electron chi connectivity index (χ1n) is 8.27. The average molecular weight is 394 g/mol. The van der Waals surface area contributed by atoms with Crippen molar-refractivity contribution in [3.05, 3.63) is 70.5 Å². The standard InChI is InChI=1S/C20H16ClN5O2/c1-12-9-17(19(27)25-16-6-4-3-5-13(16)11-22)26-20(23-12)24-14-7-8-18(28-2)15(21)10-14/h3-10H,1-2H3,(H,25,27)(H,23,24,26). The van der Waals surface area contributed by atoms with Crippen molar-refractivity contribution in [1.82, 2.24) is 9.97 Å². The highest BCUT2D eigenvalue weighted by Crippen LogP contribution is 2.28. The van der Waals surface area contributed by atoms with Gasteiger partial charge in [0.15, 0.2) is 0 Å². The van der Waals surface area contributed by atoms with Crippen molar-refractivity contribution in [2.24, 2.45) is 0 Å². The van der Waals surface area contributed by atoms with Gasteiger partial charge in [0.1, 0.15) is 17.5 Å². The van der Waals surface area contributed by atoms with E-state index in [2.05, 4.69) is 20.6 Å². The molecule has 0 fully saturated rings. The summed E-state index contributed by atoms with van der Waals surface area (Å²) in [5.74, 6) is 0.359. The summed E-state index contributed by atoms with van der Waals surface area (Å²) in [7, 11) is 1.54. The molecule has 0 unspecified atom stereocenters. The van der Waals surface area contributed by atoms with Gasteiger partial charge in [-0.2, -0.15) is 5.26 Å². The second kappa shape index (κ2) is 8.37. The zero-order chi connectivity index (χ0) is 20.1. The van der Waals surface area contributed by atoms with Crippen LogP contribution in [0.4, 0.5) is 17.3 Å². The number of halogens is 1. The molecule has 0 saturated carbocycles. The lowest BCUT2D eigenvalue weighted by Gasteiger charge is -2.10. The minimum absolute atomic E-state index is 0.169. The van der Waals surface area contributed by atoms with E-state index in [0.717, 1.165) is 0 Å². The summed E-state index contributed by atoms with van der Waals surface area (Å²) in [5.41, 5.74) is 2.21. The molecule has 0 atom stereocenters. The zero-order valence-corrected chi connectivity index (χ0v) is 15.9.